The number of halogens is 2. The third-order valence-electron chi connectivity index (χ3n) is 9.71. The molecule has 3 amide bonds. The first-order chi connectivity index (χ1) is 19.6. The molecule has 3 heterocycles. The fraction of sp³-hybridized carbons (Fsp3) is 0.645. The number of anilines is 1. The van der Waals surface area contributed by atoms with Crippen LogP contribution in [0.4, 0.5) is 5.69 Å². The molecule has 1 aliphatic carbocycles. The Kier molecular flexibility index (Phi) is 9.05. The number of amides is 3. The summed E-state index contributed by atoms with van der Waals surface area (Å²) in [5.74, 6) is -1.49. The largest absolute Gasteiger partial charge is 0.359 e. The Bertz CT molecular complexity index is 1190. The number of rotatable bonds is 10. The van der Waals surface area contributed by atoms with Crippen LogP contribution >= 0.6 is 23.2 Å². The number of carbonyl (C=O) groups is 3. The van der Waals surface area contributed by atoms with Gasteiger partial charge in [0.1, 0.15) is 11.6 Å². The van der Waals surface area contributed by atoms with E-state index in [-0.39, 0.29) is 23.8 Å². The summed E-state index contributed by atoms with van der Waals surface area (Å²) in [5.41, 5.74) is -0.742. The van der Waals surface area contributed by atoms with Crippen molar-refractivity contribution in [2.75, 3.05) is 32.0 Å². The number of carbonyl (C=O) groups excluding carboxylic acids is 3. The van der Waals surface area contributed by atoms with E-state index in [1.165, 1.54) is 0 Å². The number of nitrogens with zero attached hydrogens (tertiary/aromatic N) is 2. The molecule has 1 aromatic rings. The lowest BCUT2D eigenvalue weighted by molar-refractivity contribution is -0.141. The Morgan fingerprint density at radius 3 is 2.56 bits per heavy atom. The van der Waals surface area contributed by atoms with Gasteiger partial charge in [0.25, 0.3) is 0 Å². The molecule has 3 fully saturated rings. The van der Waals surface area contributed by atoms with E-state index in [1.54, 1.807) is 23.1 Å². The molecule has 2 saturated heterocycles. The zero-order valence-electron chi connectivity index (χ0n) is 24.4. The van der Waals surface area contributed by atoms with Crippen LogP contribution in [0, 0.1) is 23.7 Å². The molecule has 0 radical (unpaired) electrons. The molecule has 8 atom stereocenters. The summed E-state index contributed by atoms with van der Waals surface area (Å²) in [6.07, 6.45) is 8.36. The molecule has 8 nitrogen and oxygen atoms in total. The van der Waals surface area contributed by atoms with E-state index in [2.05, 4.69) is 36.3 Å². The summed E-state index contributed by atoms with van der Waals surface area (Å²) in [7, 11) is 2.03. The second kappa shape index (κ2) is 12.2. The van der Waals surface area contributed by atoms with Crippen molar-refractivity contribution in [2.45, 2.75) is 76.7 Å². The number of unbranched alkanes of at least 4 members (excludes halogenated alkanes) is 1. The molecule has 4 aliphatic rings. The highest BCUT2D eigenvalue weighted by Crippen LogP contribution is 2.55. The number of hydrogen-bond acceptors (Lipinski definition) is 5. The van der Waals surface area contributed by atoms with E-state index in [1.807, 2.05) is 19.2 Å². The Morgan fingerprint density at radius 2 is 1.85 bits per heavy atom. The van der Waals surface area contributed by atoms with E-state index in [9.17, 15) is 14.4 Å². The van der Waals surface area contributed by atoms with E-state index in [0.717, 1.165) is 38.6 Å². The second-order valence-electron chi connectivity index (χ2n) is 12.4. The third kappa shape index (κ3) is 5.77. The van der Waals surface area contributed by atoms with Gasteiger partial charge in [-0.25, -0.2) is 0 Å². The molecule has 1 spiro atoms. The predicted molar refractivity (Wildman–Crippen MR) is 161 cm³/mol. The maximum atomic E-state index is 14.2. The van der Waals surface area contributed by atoms with Gasteiger partial charge in [0.15, 0.2) is 0 Å². The Hall–Kier alpha value is -2.13. The van der Waals surface area contributed by atoms with Crippen LogP contribution in [0.1, 0.15) is 52.9 Å². The van der Waals surface area contributed by atoms with Gasteiger partial charge in [-0.3, -0.25) is 14.4 Å². The van der Waals surface area contributed by atoms with Gasteiger partial charge in [-0.15, -0.1) is 0 Å². The molecular weight excluding hydrogens is 563 g/mol. The highest BCUT2D eigenvalue weighted by molar-refractivity contribution is 6.35. The number of likely N-dealkylation sites (tertiary alicyclic amines) is 1. The standard InChI is InChI=1S/C31H42Cl2N4O4/c1-5-6-12-36(4)13-14-37-27(29(39)35-23-9-7-8-18(2)19(23)3)31-11-10-24(41-31)25(26(31)30(37)40)28(38)34-22-16-20(32)15-21(33)17-22/h10-11,15-19,23-27H,5-9,12-14H2,1-4H3,(H,34,38)(H,35,39)/t18-,19+,23-,24+,25-,26+,27+,31+/m1/s1. The summed E-state index contributed by atoms with van der Waals surface area (Å²) < 4.78 is 6.49. The van der Waals surface area contributed by atoms with Gasteiger partial charge in [-0.05, 0) is 56.5 Å². The quantitative estimate of drug-likeness (QED) is 0.376. The zero-order chi connectivity index (χ0) is 29.5. The van der Waals surface area contributed by atoms with Crippen molar-refractivity contribution in [2.24, 2.45) is 23.7 Å². The van der Waals surface area contributed by atoms with Crippen molar-refractivity contribution in [3.8, 4) is 0 Å². The molecule has 0 unspecified atom stereocenters. The molecule has 2 bridgehead atoms. The van der Waals surface area contributed by atoms with Crippen molar-refractivity contribution in [1.29, 1.82) is 0 Å². The average molecular weight is 606 g/mol. The van der Waals surface area contributed by atoms with E-state index in [0.29, 0.717) is 40.7 Å². The second-order valence-corrected chi connectivity index (χ2v) is 13.3. The van der Waals surface area contributed by atoms with Crippen molar-refractivity contribution in [3.05, 3.63) is 40.4 Å². The minimum Gasteiger partial charge on any atom is -0.359 e. The minimum absolute atomic E-state index is 0.0418. The molecule has 0 aromatic heterocycles. The number of ether oxygens (including phenoxy) is 1. The van der Waals surface area contributed by atoms with Gasteiger partial charge < -0.3 is 25.2 Å². The SMILES string of the molecule is CCCCN(C)CCN1C(=O)[C@@H]2[C@H](C(=O)Nc3cc(Cl)cc(Cl)c3)[C@@H]3C=C[C@@]2(O3)[C@@H]1C(=O)N[C@@H]1CCC[C@@H](C)[C@@H]1C. The summed E-state index contributed by atoms with van der Waals surface area (Å²) >= 11 is 12.3. The number of hydrogen-bond donors (Lipinski definition) is 2. The highest BCUT2D eigenvalue weighted by Gasteiger charge is 2.72. The molecule has 10 heteroatoms. The first kappa shape index (κ1) is 30.3. The van der Waals surface area contributed by atoms with E-state index >= 15 is 0 Å². The van der Waals surface area contributed by atoms with Gasteiger partial charge >= 0.3 is 0 Å². The number of nitrogens with one attached hydrogen (secondary N) is 2. The summed E-state index contributed by atoms with van der Waals surface area (Å²) in [4.78, 5) is 45.9. The van der Waals surface area contributed by atoms with E-state index in [4.69, 9.17) is 27.9 Å². The van der Waals surface area contributed by atoms with Crippen molar-refractivity contribution in [3.63, 3.8) is 0 Å². The third-order valence-corrected chi connectivity index (χ3v) is 10.1. The predicted octanol–water partition coefficient (Wildman–Crippen LogP) is 4.76. The van der Waals surface area contributed by atoms with Crippen LogP contribution in [0.5, 0.6) is 0 Å². The zero-order valence-corrected chi connectivity index (χ0v) is 25.9. The minimum atomic E-state index is -1.19. The Labute approximate surface area is 253 Å². The molecule has 1 saturated carbocycles. The molecule has 224 valence electrons. The Balaban J connectivity index is 1.42. The summed E-state index contributed by atoms with van der Waals surface area (Å²) in [6, 6.07) is 4.01. The normalized spacial score (nSPS) is 33.9. The lowest BCUT2D eigenvalue weighted by Crippen LogP contribution is -2.58. The summed E-state index contributed by atoms with van der Waals surface area (Å²) in [5, 5.41) is 6.99. The van der Waals surface area contributed by atoms with Crippen LogP contribution in [-0.4, -0.2) is 78.0 Å². The molecule has 41 heavy (non-hydrogen) atoms. The number of benzene rings is 1. The lowest BCUT2D eigenvalue weighted by Gasteiger charge is -2.38. The molecular formula is C31H42Cl2N4O4. The van der Waals surface area contributed by atoms with Gasteiger partial charge in [-0.2, -0.15) is 0 Å². The highest BCUT2D eigenvalue weighted by atomic mass is 35.5. The van der Waals surface area contributed by atoms with Crippen molar-refractivity contribution < 1.29 is 19.1 Å². The molecule has 5 rings (SSSR count). The van der Waals surface area contributed by atoms with Crippen LogP contribution in [0.3, 0.4) is 0 Å². The van der Waals surface area contributed by atoms with Gasteiger partial charge in [-0.1, -0.05) is 75.4 Å². The molecule has 2 N–H and O–H groups in total. The lowest BCUT2D eigenvalue weighted by atomic mass is 9.73. The maximum Gasteiger partial charge on any atom is 0.246 e. The van der Waals surface area contributed by atoms with Crippen LogP contribution in [0.15, 0.2) is 30.4 Å². The van der Waals surface area contributed by atoms with Crippen molar-refractivity contribution in [1.82, 2.24) is 15.1 Å². The fourth-order valence-electron chi connectivity index (χ4n) is 7.23. The van der Waals surface area contributed by atoms with Gasteiger partial charge in [0, 0.05) is 34.9 Å². The summed E-state index contributed by atoms with van der Waals surface area (Å²) in [6.45, 7) is 8.49. The maximum absolute atomic E-state index is 14.2. The van der Waals surface area contributed by atoms with Crippen LogP contribution in [0.25, 0.3) is 0 Å². The molecule has 3 aliphatic heterocycles. The van der Waals surface area contributed by atoms with Crippen LogP contribution < -0.4 is 10.6 Å². The van der Waals surface area contributed by atoms with Crippen LogP contribution in [-0.2, 0) is 19.1 Å². The van der Waals surface area contributed by atoms with Gasteiger partial charge in [0.2, 0.25) is 17.7 Å². The van der Waals surface area contributed by atoms with Gasteiger partial charge in [0.05, 0.1) is 17.9 Å². The number of fused-ring (bicyclic) bond motifs is 1. The number of likely N-dealkylation sites (N-methyl/N-ethyl adjacent to an activating group) is 1. The fourth-order valence-corrected chi connectivity index (χ4v) is 7.75. The first-order valence-electron chi connectivity index (χ1n) is 15.0. The van der Waals surface area contributed by atoms with Crippen LogP contribution in [0.2, 0.25) is 10.0 Å². The Morgan fingerprint density at radius 1 is 1.12 bits per heavy atom. The smallest absolute Gasteiger partial charge is 0.246 e. The monoisotopic (exact) mass is 604 g/mol. The first-order valence-corrected chi connectivity index (χ1v) is 15.7. The topological polar surface area (TPSA) is 91.0 Å². The van der Waals surface area contributed by atoms with Crippen molar-refractivity contribution >= 4 is 46.6 Å². The van der Waals surface area contributed by atoms with E-state index < -0.39 is 29.6 Å². The molecule has 1 aromatic carbocycles. The average Bonchev–Trinajstić information content (AvgIpc) is 3.55.